The van der Waals surface area contributed by atoms with E-state index in [9.17, 15) is 14.4 Å². The van der Waals surface area contributed by atoms with Gasteiger partial charge in [0.15, 0.2) is 5.82 Å². The van der Waals surface area contributed by atoms with E-state index in [1.54, 1.807) is 11.9 Å². The second kappa shape index (κ2) is 14.1. The van der Waals surface area contributed by atoms with E-state index in [1.807, 2.05) is 58.3 Å². The lowest BCUT2D eigenvalue weighted by atomic mass is 9.73. The fourth-order valence-corrected chi connectivity index (χ4v) is 9.43. The zero-order chi connectivity index (χ0) is 40.6. The van der Waals surface area contributed by atoms with Gasteiger partial charge in [-0.25, -0.2) is 14.8 Å². The second-order valence-electron chi connectivity index (χ2n) is 18.8. The van der Waals surface area contributed by atoms with Crippen LogP contribution in [0.2, 0.25) is 0 Å². The normalized spacial score (nSPS) is 21.6. The van der Waals surface area contributed by atoms with Crippen LogP contribution in [0.4, 0.5) is 22.0 Å². The van der Waals surface area contributed by atoms with Crippen LogP contribution in [0.1, 0.15) is 108 Å². The van der Waals surface area contributed by atoms with Crippen molar-refractivity contribution in [2.24, 2.45) is 5.41 Å². The van der Waals surface area contributed by atoms with Gasteiger partial charge in [-0.15, -0.1) is 0 Å². The van der Waals surface area contributed by atoms with E-state index in [1.165, 1.54) is 6.42 Å². The van der Waals surface area contributed by atoms with Crippen LogP contribution in [0.5, 0.6) is 0 Å². The number of piperidine rings is 1. The lowest BCUT2D eigenvalue weighted by Crippen LogP contribution is -2.58. The number of hydrogen-bond donors (Lipinski definition) is 2. The molecule has 5 heterocycles. The van der Waals surface area contributed by atoms with E-state index in [-0.39, 0.29) is 30.0 Å². The number of benzene rings is 2. The molecule has 3 fully saturated rings. The summed E-state index contributed by atoms with van der Waals surface area (Å²) in [5.41, 5.74) is 6.52. The Labute approximate surface area is 336 Å². The van der Waals surface area contributed by atoms with Crippen molar-refractivity contribution in [2.45, 2.75) is 117 Å². The predicted octanol–water partition coefficient (Wildman–Crippen LogP) is 7.97. The van der Waals surface area contributed by atoms with E-state index in [2.05, 4.69) is 70.9 Å². The number of anilines is 3. The van der Waals surface area contributed by atoms with Gasteiger partial charge in [0.25, 0.3) is 5.91 Å². The Morgan fingerprint density at radius 3 is 2.35 bits per heavy atom. The minimum Gasteiger partial charge on any atom is -0.444 e. The number of pyridine rings is 1. The molecule has 3 amide bonds. The van der Waals surface area contributed by atoms with Gasteiger partial charge in [-0.05, 0) is 121 Å². The van der Waals surface area contributed by atoms with Crippen LogP contribution in [-0.2, 0) is 14.9 Å². The summed E-state index contributed by atoms with van der Waals surface area (Å²) in [6.07, 6.45) is 5.71. The molecule has 0 bridgehead atoms. The minimum absolute atomic E-state index is 0.105. The highest BCUT2D eigenvalue weighted by Gasteiger charge is 2.56. The van der Waals surface area contributed by atoms with Crippen molar-refractivity contribution in [1.29, 1.82) is 0 Å². The van der Waals surface area contributed by atoms with Crippen molar-refractivity contribution < 1.29 is 19.1 Å². The lowest BCUT2D eigenvalue weighted by Gasteiger charge is -2.46. The Hall–Kier alpha value is -4.97. The summed E-state index contributed by atoms with van der Waals surface area (Å²) < 4.78 is 7.82. The number of aryl methyl sites for hydroxylation is 1. The van der Waals surface area contributed by atoms with Crippen LogP contribution in [-0.4, -0.2) is 93.2 Å². The van der Waals surface area contributed by atoms with Gasteiger partial charge in [0.2, 0.25) is 5.91 Å². The zero-order valence-corrected chi connectivity index (χ0v) is 35.0. The third-order valence-corrected chi connectivity index (χ3v) is 12.7. The molecule has 0 radical (unpaired) electrons. The Morgan fingerprint density at radius 2 is 1.70 bits per heavy atom. The molecule has 3 aliphatic heterocycles. The number of nitrogens with one attached hydrogen (secondary N) is 2. The number of carbonyl (C=O) groups is 3. The maximum atomic E-state index is 15.0. The van der Waals surface area contributed by atoms with Crippen molar-refractivity contribution in [1.82, 2.24) is 29.7 Å². The summed E-state index contributed by atoms with van der Waals surface area (Å²) in [4.78, 5) is 57.4. The van der Waals surface area contributed by atoms with E-state index < -0.39 is 11.0 Å². The molecule has 12 heteroatoms. The molecule has 1 aliphatic carbocycles. The fraction of sp³-hybridized carbons (Fsp3) is 0.533. The van der Waals surface area contributed by atoms with Gasteiger partial charge < -0.3 is 29.7 Å². The van der Waals surface area contributed by atoms with Crippen molar-refractivity contribution >= 4 is 46.1 Å². The van der Waals surface area contributed by atoms with Crippen LogP contribution in [0.15, 0.2) is 48.8 Å². The first-order chi connectivity index (χ1) is 27.0. The molecule has 2 aromatic carbocycles. The van der Waals surface area contributed by atoms with Crippen LogP contribution >= 0.6 is 0 Å². The topological polar surface area (TPSA) is 125 Å². The maximum Gasteiger partial charge on any atom is 0.410 e. The highest BCUT2D eigenvalue weighted by Crippen LogP contribution is 2.52. The summed E-state index contributed by atoms with van der Waals surface area (Å²) in [7, 11) is 1.63. The van der Waals surface area contributed by atoms with Crippen molar-refractivity contribution in [3.05, 3.63) is 65.5 Å². The molecule has 57 heavy (non-hydrogen) atoms. The van der Waals surface area contributed by atoms with Crippen LogP contribution in [0.25, 0.3) is 22.3 Å². The quantitative estimate of drug-likeness (QED) is 0.194. The molecule has 4 aliphatic rings. The zero-order valence-electron chi connectivity index (χ0n) is 35.0. The van der Waals surface area contributed by atoms with E-state index in [0.29, 0.717) is 48.8 Å². The SMILES string of the molecule is CNC(=O)c1cc(Nc2nc(-c3ccc4c(c3)N([C@H]3C[C@@H](N5CCC(C)(C)C5)C3)C(=O)C43CCN(C(=O)OC(C)(C)C)CC3)cc3ncn(C(C)C)c23)ccc1C. The molecular weight excluding hydrogens is 717 g/mol. The van der Waals surface area contributed by atoms with Gasteiger partial charge in [-0.2, -0.15) is 0 Å². The smallest absolute Gasteiger partial charge is 0.410 e. The maximum absolute atomic E-state index is 15.0. The molecule has 1 saturated carbocycles. The standard InChI is InChI=1S/C45H58N8O4/c1-27(2)52-26-47-36-24-35(49-39(38(36)52)48-30-12-10-28(3)33(21-30)40(54)46-9)29-11-13-34-37(20-29)53(32-22-31(23-32)51-17-14-44(7,8)25-51)41(55)45(34)15-18-50(19-16-45)42(56)57-43(4,5)6/h10-13,20-21,24,26-27,31-32H,14-19,22-23,25H2,1-9H3,(H,46,54)(H,48,49)/t31-,32+. The van der Waals surface area contributed by atoms with Crippen molar-refractivity contribution in [2.75, 3.05) is 43.4 Å². The van der Waals surface area contributed by atoms with Gasteiger partial charge in [0.1, 0.15) is 11.1 Å². The number of ether oxygens (including phenoxy) is 1. The third kappa shape index (κ3) is 7.04. The molecule has 4 aromatic rings. The summed E-state index contributed by atoms with van der Waals surface area (Å²) in [5, 5.41) is 6.28. The largest absolute Gasteiger partial charge is 0.444 e. The van der Waals surface area contributed by atoms with E-state index in [0.717, 1.165) is 70.7 Å². The van der Waals surface area contributed by atoms with Gasteiger partial charge in [-0.3, -0.25) is 14.5 Å². The van der Waals surface area contributed by atoms with Crippen molar-refractivity contribution in [3.8, 4) is 11.3 Å². The number of amides is 3. The number of imidazole rings is 1. The summed E-state index contributed by atoms with van der Waals surface area (Å²) >= 11 is 0. The number of fused-ring (bicyclic) bond motifs is 3. The number of hydrogen-bond acceptors (Lipinski definition) is 8. The first-order valence-electron chi connectivity index (χ1n) is 20.6. The Kier molecular flexibility index (Phi) is 9.65. The van der Waals surface area contributed by atoms with Gasteiger partial charge in [-0.1, -0.05) is 32.0 Å². The van der Waals surface area contributed by atoms with Crippen LogP contribution in [0, 0.1) is 12.3 Å². The summed E-state index contributed by atoms with van der Waals surface area (Å²) in [6.45, 7) is 19.6. The van der Waals surface area contributed by atoms with Crippen LogP contribution < -0.4 is 15.5 Å². The predicted molar refractivity (Wildman–Crippen MR) is 224 cm³/mol. The van der Waals surface area contributed by atoms with Gasteiger partial charge >= 0.3 is 6.09 Å². The molecular formula is C45H58N8O4. The minimum atomic E-state index is -0.707. The average molecular weight is 775 g/mol. The number of carbonyl (C=O) groups excluding carboxylic acids is 3. The molecule has 0 atom stereocenters. The summed E-state index contributed by atoms with van der Waals surface area (Å²) in [5.74, 6) is 0.634. The monoisotopic (exact) mass is 774 g/mol. The molecule has 2 N–H and O–H groups in total. The highest BCUT2D eigenvalue weighted by molar-refractivity contribution is 6.09. The first-order valence-corrected chi connectivity index (χ1v) is 20.6. The summed E-state index contributed by atoms with van der Waals surface area (Å²) in [6, 6.07) is 14.9. The highest BCUT2D eigenvalue weighted by atomic mass is 16.6. The third-order valence-electron chi connectivity index (χ3n) is 12.7. The lowest BCUT2D eigenvalue weighted by molar-refractivity contribution is -0.126. The molecule has 0 unspecified atom stereocenters. The van der Waals surface area contributed by atoms with Gasteiger partial charge in [0.05, 0.1) is 23.0 Å². The Bertz CT molecular complexity index is 2240. The molecule has 8 rings (SSSR count). The number of rotatable bonds is 7. The molecule has 2 saturated heterocycles. The average Bonchev–Trinajstić information content (AvgIpc) is 3.80. The number of aromatic nitrogens is 3. The van der Waals surface area contributed by atoms with E-state index >= 15 is 0 Å². The molecule has 12 nitrogen and oxygen atoms in total. The van der Waals surface area contributed by atoms with Crippen LogP contribution in [0.3, 0.4) is 0 Å². The fourth-order valence-electron chi connectivity index (χ4n) is 9.43. The Morgan fingerprint density at radius 1 is 0.965 bits per heavy atom. The first kappa shape index (κ1) is 38.9. The number of likely N-dealkylation sites (tertiary alicyclic amines) is 2. The Balaban J connectivity index is 1.16. The van der Waals surface area contributed by atoms with E-state index in [4.69, 9.17) is 14.7 Å². The number of nitrogens with zero attached hydrogens (tertiary/aromatic N) is 6. The van der Waals surface area contributed by atoms with Gasteiger partial charge in [0, 0.05) is 67.3 Å². The molecule has 1 spiro atoms. The molecule has 2 aromatic heterocycles. The second-order valence-corrected chi connectivity index (χ2v) is 18.8. The van der Waals surface area contributed by atoms with Crippen molar-refractivity contribution in [3.63, 3.8) is 0 Å². The molecule has 302 valence electrons.